The fourth-order valence-corrected chi connectivity index (χ4v) is 5.47. The van der Waals surface area contributed by atoms with Gasteiger partial charge in [-0.3, -0.25) is 4.79 Å². The maximum Gasteiger partial charge on any atom is 0.407 e. The first-order chi connectivity index (χ1) is 19.7. The molecule has 0 bridgehead atoms. The van der Waals surface area contributed by atoms with Crippen LogP contribution in [0.15, 0.2) is 60.7 Å². The Labute approximate surface area is 250 Å². The van der Waals surface area contributed by atoms with E-state index in [1.165, 1.54) is 0 Å². The predicted octanol–water partition coefficient (Wildman–Crippen LogP) is 3.10. The Morgan fingerprint density at radius 3 is 1.74 bits per heavy atom. The third-order valence-corrected chi connectivity index (χ3v) is 8.09. The highest BCUT2D eigenvalue weighted by Gasteiger charge is 2.53. The van der Waals surface area contributed by atoms with E-state index < -0.39 is 52.9 Å². The van der Waals surface area contributed by atoms with Gasteiger partial charge in [0.05, 0.1) is 24.3 Å². The van der Waals surface area contributed by atoms with Crippen LogP contribution in [0.2, 0.25) is 0 Å². The van der Waals surface area contributed by atoms with Gasteiger partial charge < -0.3 is 36.0 Å². The van der Waals surface area contributed by atoms with Crippen molar-refractivity contribution < 1.29 is 29.6 Å². The number of hydrogen-bond donors (Lipinski definition) is 6. The van der Waals surface area contributed by atoms with Crippen molar-refractivity contribution in [3.05, 3.63) is 71.8 Å². The van der Waals surface area contributed by atoms with E-state index in [2.05, 4.69) is 16.0 Å². The number of carbonyl (C=O) groups is 2. The molecular weight excluding hydrogens is 534 g/mol. The van der Waals surface area contributed by atoms with Gasteiger partial charge in [0.2, 0.25) is 0 Å². The molecule has 1 aliphatic rings. The van der Waals surface area contributed by atoms with E-state index in [1.807, 2.05) is 74.5 Å². The molecule has 1 fully saturated rings. The lowest BCUT2D eigenvalue weighted by Crippen LogP contribution is -2.59. The summed E-state index contributed by atoms with van der Waals surface area (Å²) < 4.78 is 5.41. The van der Waals surface area contributed by atoms with Crippen molar-refractivity contribution in [3.8, 4) is 0 Å². The standard InChI is InChI=1S/C33H49N3O6/c1-31(2,3)42-30(40)36-26(20-24-15-10-7-11-16-24)28(38)22-34-21-27(37)25(19-23-13-8-6-9-14-23)35-29(39)33(41)18-12-17-32(33,4)5/h6-11,13-16,25-28,34,37-38,41H,12,17-22H2,1-5H3,(H,35,39)(H,36,40)/t25-,26-,27+,28+,33+/m0/s1. The number of ether oxygens (including phenoxy) is 1. The molecular formula is C33H49N3O6. The van der Waals surface area contributed by atoms with Crippen LogP contribution in [-0.2, 0) is 22.4 Å². The lowest BCUT2D eigenvalue weighted by atomic mass is 9.77. The van der Waals surface area contributed by atoms with Crippen molar-refractivity contribution in [1.29, 1.82) is 0 Å². The molecule has 232 valence electrons. The number of alkyl carbamates (subject to hydrolysis) is 1. The van der Waals surface area contributed by atoms with Gasteiger partial charge >= 0.3 is 6.09 Å². The van der Waals surface area contributed by atoms with Crippen LogP contribution < -0.4 is 16.0 Å². The van der Waals surface area contributed by atoms with E-state index in [0.717, 1.165) is 24.0 Å². The first-order valence-corrected chi connectivity index (χ1v) is 14.9. The van der Waals surface area contributed by atoms with Crippen LogP contribution in [0, 0.1) is 5.41 Å². The zero-order chi connectivity index (χ0) is 31.0. The molecule has 0 spiro atoms. The smallest absolute Gasteiger partial charge is 0.407 e. The molecule has 6 N–H and O–H groups in total. The Kier molecular flexibility index (Phi) is 11.5. The molecule has 42 heavy (non-hydrogen) atoms. The van der Waals surface area contributed by atoms with Crippen molar-refractivity contribution in [2.24, 2.45) is 5.41 Å². The van der Waals surface area contributed by atoms with Crippen LogP contribution >= 0.6 is 0 Å². The fraction of sp³-hybridized carbons (Fsp3) is 0.576. The number of aliphatic hydroxyl groups excluding tert-OH is 2. The van der Waals surface area contributed by atoms with Gasteiger partial charge in [-0.25, -0.2) is 4.79 Å². The van der Waals surface area contributed by atoms with Gasteiger partial charge in [-0.05, 0) is 64.0 Å². The zero-order valence-corrected chi connectivity index (χ0v) is 25.6. The first-order valence-electron chi connectivity index (χ1n) is 14.9. The van der Waals surface area contributed by atoms with Crippen molar-refractivity contribution in [3.63, 3.8) is 0 Å². The summed E-state index contributed by atoms with van der Waals surface area (Å²) in [4.78, 5) is 25.9. The molecule has 0 heterocycles. The van der Waals surface area contributed by atoms with E-state index in [4.69, 9.17) is 4.74 Å². The minimum absolute atomic E-state index is 0.0706. The van der Waals surface area contributed by atoms with Crippen LogP contribution in [0.4, 0.5) is 4.79 Å². The second-order valence-electron chi connectivity index (χ2n) is 13.1. The summed E-state index contributed by atoms with van der Waals surface area (Å²) >= 11 is 0. The van der Waals surface area contributed by atoms with Crippen LogP contribution in [0.25, 0.3) is 0 Å². The molecule has 2 aromatic rings. The Morgan fingerprint density at radius 2 is 1.31 bits per heavy atom. The van der Waals surface area contributed by atoms with Crippen LogP contribution in [-0.4, -0.2) is 75.9 Å². The molecule has 1 saturated carbocycles. The maximum atomic E-state index is 13.3. The van der Waals surface area contributed by atoms with Gasteiger partial charge in [-0.1, -0.05) is 74.5 Å². The second kappa shape index (κ2) is 14.5. The molecule has 1 aliphatic carbocycles. The average molecular weight is 584 g/mol. The van der Waals surface area contributed by atoms with Crippen molar-refractivity contribution in [2.45, 2.75) is 102 Å². The molecule has 0 unspecified atom stereocenters. The lowest BCUT2D eigenvalue weighted by Gasteiger charge is -2.37. The van der Waals surface area contributed by atoms with E-state index in [-0.39, 0.29) is 13.1 Å². The quantitative estimate of drug-likeness (QED) is 0.213. The number of carbonyl (C=O) groups excluding carboxylic acids is 2. The number of aliphatic hydroxyl groups is 3. The zero-order valence-electron chi connectivity index (χ0n) is 25.6. The van der Waals surface area contributed by atoms with Gasteiger partial charge in [0.1, 0.15) is 11.2 Å². The third-order valence-electron chi connectivity index (χ3n) is 8.09. The maximum absolute atomic E-state index is 13.3. The summed E-state index contributed by atoms with van der Waals surface area (Å²) in [5.41, 5.74) is -0.895. The van der Waals surface area contributed by atoms with Gasteiger partial charge in [0, 0.05) is 18.5 Å². The van der Waals surface area contributed by atoms with Gasteiger partial charge in [-0.2, -0.15) is 0 Å². The Morgan fingerprint density at radius 1 is 0.833 bits per heavy atom. The molecule has 3 rings (SSSR count). The number of hydrogen-bond acceptors (Lipinski definition) is 7. The minimum Gasteiger partial charge on any atom is -0.444 e. The number of rotatable bonds is 13. The normalized spacial score (nSPS) is 21.1. The third kappa shape index (κ3) is 9.52. The minimum atomic E-state index is -1.51. The van der Waals surface area contributed by atoms with E-state index in [0.29, 0.717) is 19.3 Å². The first kappa shape index (κ1) is 33.5. The van der Waals surface area contributed by atoms with E-state index in [1.54, 1.807) is 20.8 Å². The van der Waals surface area contributed by atoms with E-state index in [9.17, 15) is 24.9 Å². The van der Waals surface area contributed by atoms with Crippen molar-refractivity contribution >= 4 is 12.0 Å². The van der Waals surface area contributed by atoms with Gasteiger partial charge in [0.15, 0.2) is 0 Å². The summed E-state index contributed by atoms with van der Waals surface area (Å²) in [5.74, 6) is -0.477. The van der Waals surface area contributed by atoms with Crippen LogP contribution in [0.1, 0.15) is 65.0 Å². The molecule has 2 amide bonds. The summed E-state index contributed by atoms with van der Waals surface area (Å²) in [6.45, 7) is 9.25. The Balaban J connectivity index is 1.66. The largest absolute Gasteiger partial charge is 0.444 e. The molecule has 0 saturated heterocycles. The molecule has 9 nitrogen and oxygen atoms in total. The summed E-state index contributed by atoms with van der Waals surface area (Å²) in [6.07, 6.45) is -0.0164. The summed E-state index contributed by atoms with van der Waals surface area (Å²) in [7, 11) is 0. The van der Waals surface area contributed by atoms with Crippen molar-refractivity contribution in [2.75, 3.05) is 13.1 Å². The molecule has 5 atom stereocenters. The second-order valence-corrected chi connectivity index (χ2v) is 13.1. The van der Waals surface area contributed by atoms with Gasteiger partial charge in [-0.15, -0.1) is 0 Å². The summed E-state index contributed by atoms with van der Waals surface area (Å²) in [5, 5.41) is 42.4. The average Bonchev–Trinajstić information content (AvgIpc) is 3.20. The molecule has 9 heteroatoms. The number of amides is 2. The molecule has 0 aliphatic heterocycles. The van der Waals surface area contributed by atoms with Crippen LogP contribution in [0.3, 0.4) is 0 Å². The Hall–Kier alpha value is -2.98. The monoisotopic (exact) mass is 583 g/mol. The summed E-state index contributed by atoms with van der Waals surface area (Å²) in [6, 6.07) is 17.7. The predicted molar refractivity (Wildman–Crippen MR) is 163 cm³/mol. The SMILES string of the molecule is CC(C)(C)OC(=O)N[C@@H](Cc1ccccc1)[C@H](O)CNC[C@@H](O)[C@H](Cc1ccccc1)NC(=O)[C@]1(O)CCCC1(C)C. The highest BCUT2D eigenvalue weighted by atomic mass is 16.6. The van der Waals surface area contributed by atoms with Crippen molar-refractivity contribution in [1.82, 2.24) is 16.0 Å². The fourth-order valence-electron chi connectivity index (χ4n) is 5.47. The van der Waals surface area contributed by atoms with Gasteiger partial charge in [0.25, 0.3) is 5.91 Å². The van der Waals surface area contributed by atoms with E-state index >= 15 is 0 Å². The Bertz CT molecular complexity index is 1140. The number of nitrogens with one attached hydrogen (secondary N) is 3. The topological polar surface area (TPSA) is 140 Å². The molecule has 2 aromatic carbocycles. The highest BCUT2D eigenvalue weighted by molar-refractivity contribution is 5.86. The molecule has 0 aromatic heterocycles. The van der Waals surface area contributed by atoms with Crippen LogP contribution in [0.5, 0.6) is 0 Å². The number of benzene rings is 2. The molecule has 0 radical (unpaired) electrons. The highest BCUT2D eigenvalue weighted by Crippen LogP contribution is 2.46. The lowest BCUT2D eigenvalue weighted by molar-refractivity contribution is -0.151.